The molecule has 0 atom stereocenters. The average molecular weight is 688 g/mol. The smallest absolute Gasteiger partial charge is 0.170 e. The largest absolute Gasteiger partial charge is 0.497 e. The van der Waals surface area contributed by atoms with Crippen molar-refractivity contribution >= 4 is 33.1 Å². The Morgan fingerprint density at radius 2 is 1.15 bits per heavy atom. The molecule has 238 valence electrons. The van der Waals surface area contributed by atoms with E-state index in [0.29, 0.717) is 77.9 Å². The number of halogens is 1. The molecule has 4 aromatic carbocycles. The van der Waals surface area contributed by atoms with Gasteiger partial charge in [0.2, 0.25) is 0 Å². The lowest BCUT2D eigenvalue weighted by Gasteiger charge is -2.22. The second-order valence-electron chi connectivity index (χ2n) is 10.7. The number of carbonyl (C=O) groups is 2. The monoisotopic (exact) mass is 686 g/mol. The fourth-order valence-electron chi connectivity index (χ4n) is 5.00. The first-order valence-electron chi connectivity index (χ1n) is 14.8. The van der Waals surface area contributed by atoms with E-state index in [1.807, 2.05) is 61.5 Å². The normalized spacial score (nSPS) is 13.1. The van der Waals surface area contributed by atoms with E-state index in [-0.39, 0.29) is 11.6 Å². The van der Waals surface area contributed by atoms with Gasteiger partial charge in [-0.3, -0.25) is 9.59 Å². The van der Waals surface area contributed by atoms with Crippen molar-refractivity contribution < 1.29 is 38.0 Å². The Balaban J connectivity index is 0.000000182. The maximum Gasteiger partial charge on any atom is 0.170 e. The summed E-state index contributed by atoms with van der Waals surface area (Å²) in [6.07, 6.45) is 0.834. The van der Waals surface area contributed by atoms with E-state index < -0.39 is 0 Å². The predicted octanol–water partition coefficient (Wildman–Crippen LogP) is 8.27. The molecular weight excluding hydrogens is 652 g/mol. The maximum atomic E-state index is 12.0. The Morgan fingerprint density at radius 1 is 0.696 bits per heavy atom. The van der Waals surface area contributed by atoms with Gasteiger partial charge < -0.3 is 28.4 Å². The first kappa shape index (κ1) is 32.6. The number of ketones is 2. The minimum absolute atomic E-state index is 0.0976. The van der Waals surface area contributed by atoms with Gasteiger partial charge in [-0.05, 0) is 88.1 Å². The summed E-state index contributed by atoms with van der Waals surface area (Å²) in [5.74, 6) is 4.31. The van der Waals surface area contributed by atoms with Crippen LogP contribution in [0.4, 0.5) is 0 Å². The molecule has 8 nitrogen and oxygen atoms in total. The zero-order chi connectivity index (χ0) is 32.6. The predicted molar refractivity (Wildman–Crippen MR) is 179 cm³/mol. The molecule has 0 amide bonds. The number of carbonyl (C=O) groups excluding carboxylic acids is 2. The van der Waals surface area contributed by atoms with Crippen LogP contribution in [0.5, 0.6) is 34.5 Å². The highest BCUT2D eigenvalue weighted by molar-refractivity contribution is 9.10. The van der Waals surface area contributed by atoms with Crippen molar-refractivity contribution in [2.45, 2.75) is 33.0 Å². The molecule has 0 unspecified atom stereocenters. The van der Waals surface area contributed by atoms with E-state index >= 15 is 0 Å². The molecule has 0 aromatic heterocycles. The fourth-order valence-corrected chi connectivity index (χ4v) is 5.57. The van der Waals surface area contributed by atoms with Crippen molar-refractivity contribution in [3.05, 3.63) is 112 Å². The molecule has 0 saturated carbocycles. The van der Waals surface area contributed by atoms with Crippen molar-refractivity contribution in [3.8, 4) is 34.5 Å². The Hall–Kier alpha value is -4.76. The van der Waals surface area contributed by atoms with E-state index in [0.717, 1.165) is 33.8 Å². The lowest BCUT2D eigenvalue weighted by atomic mass is 9.97. The van der Waals surface area contributed by atoms with Gasteiger partial charge in [-0.1, -0.05) is 30.8 Å². The van der Waals surface area contributed by atoms with Gasteiger partial charge in [0.15, 0.2) is 11.6 Å². The molecule has 2 aliphatic rings. The Bertz CT molecular complexity index is 1730. The number of Topliss-reactive ketones (excluding diaryl/α,β-unsaturated/α-hetero) is 2. The molecule has 9 heteroatoms. The van der Waals surface area contributed by atoms with Crippen LogP contribution in [-0.4, -0.2) is 39.0 Å². The van der Waals surface area contributed by atoms with Crippen LogP contribution in [0.15, 0.2) is 83.8 Å². The standard InChI is InChI=1S/C20H20O4.C17H15BrO4/c1-13(2)19-18(9-8-16-17(21)10-11-23-20(16)19)24-12-14-4-6-15(22-3)7-5-14;1-20-12-4-2-11(3-5-12)10-22-15-7-6-13-14(19)8-9-21-17(13)16(15)18/h4-9H,1,10-12H2,2-3H3;2-7H,8-10H2,1H3. The van der Waals surface area contributed by atoms with Crippen molar-refractivity contribution in [3.63, 3.8) is 0 Å². The molecule has 0 radical (unpaired) electrons. The highest BCUT2D eigenvalue weighted by atomic mass is 79.9. The zero-order valence-electron chi connectivity index (χ0n) is 26.0. The molecule has 0 N–H and O–H groups in total. The van der Waals surface area contributed by atoms with Gasteiger partial charge in [-0.2, -0.15) is 0 Å². The average Bonchev–Trinajstić information content (AvgIpc) is 3.08. The summed E-state index contributed by atoms with van der Waals surface area (Å²) in [5, 5.41) is 0. The summed E-state index contributed by atoms with van der Waals surface area (Å²) in [7, 11) is 3.27. The SMILES string of the molecule is C=C(C)c1c(OCc2ccc(OC)cc2)ccc2c1OCCC2=O.COc1ccc(COc2ccc3c(c2Br)OCCC3=O)cc1. The van der Waals surface area contributed by atoms with E-state index in [4.69, 9.17) is 28.4 Å². The molecule has 2 heterocycles. The molecular formula is C37H35BrO8. The molecule has 0 aliphatic carbocycles. The second-order valence-corrected chi connectivity index (χ2v) is 11.5. The van der Waals surface area contributed by atoms with Crippen molar-refractivity contribution in [1.29, 1.82) is 0 Å². The van der Waals surface area contributed by atoms with Crippen LogP contribution >= 0.6 is 15.9 Å². The molecule has 0 spiro atoms. The second kappa shape index (κ2) is 15.0. The lowest BCUT2D eigenvalue weighted by Crippen LogP contribution is -2.17. The van der Waals surface area contributed by atoms with Crippen molar-refractivity contribution in [2.24, 2.45) is 0 Å². The number of rotatable bonds is 9. The van der Waals surface area contributed by atoms with Gasteiger partial charge in [0.05, 0.1) is 44.1 Å². The quantitative estimate of drug-likeness (QED) is 0.174. The number of hydrogen-bond donors (Lipinski definition) is 0. The minimum atomic E-state index is 0.0976. The van der Waals surface area contributed by atoms with E-state index in [9.17, 15) is 9.59 Å². The summed E-state index contributed by atoms with van der Waals surface area (Å²) in [5.41, 5.74) is 4.85. The molecule has 0 fully saturated rings. The number of allylic oxidation sites excluding steroid dienone is 1. The van der Waals surface area contributed by atoms with Crippen LogP contribution < -0.4 is 28.4 Å². The van der Waals surface area contributed by atoms with Gasteiger partial charge >= 0.3 is 0 Å². The third-order valence-corrected chi connectivity index (χ3v) is 8.22. The third-order valence-electron chi connectivity index (χ3n) is 7.47. The van der Waals surface area contributed by atoms with E-state index in [1.165, 1.54) is 0 Å². The van der Waals surface area contributed by atoms with E-state index in [2.05, 4.69) is 22.5 Å². The highest BCUT2D eigenvalue weighted by Crippen LogP contribution is 2.41. The van der Waals surface area contributed by atoms with Gasteiger partial charge in [0.25, 0.3) is 0 Å². The summed E-state index contributed by atoms with van der Waals surface area (Å²) in [4.78, 5) is 23.9. The molecule has 6 rings (SSSR count). The summed E-state index contributed by atoms with van der Waals surface area (Å²) < 4.78 is 34.1. The van der Waals surface area contributed by atoms with Crippen LogP contribution in [0, 0.1) is 0 Å². The Labute approximate surface area is 277 Å². The van der Waals surface area contributed by atoms with Gasteiger partial charge in [0.1, 0.15) is 52.2 Å². The molecule has 46 heavy (non-hydrogen) atoms. The summed E-state index contributed by atoms with van der Waals surface area (Å²) in [6.45, 7) is 7.54. The Kier molecular flexibility index (Phi) is 10.6. The van der Waals surface area contributed by atoms with Crippen molar-refractivity contribution in [1.82, 2.24) is 0 Å². The van der Waals surface area contributed by atoms with Crippen LogP contribution in [-0.2, 0) is 13.2 Å². The molecule has 0 saturated heterocycles. The van der Waals surface area contributed by atoms with Gasteiger partial charge in [-0.15, -0.1) is 0 Å². The van der Waals surface area contributed by atoms with Crippen LogP contribution in [0.1, 0.15) is 57.2 Å². The van der Waals surface area contributed by atoms with Crippen LogP contribution in [0.3, 0.4) is 0 Å². The Morgan fingerprint density at radius 3 is 1.65 bits per heavy atom. The summed E-state index contributed by atoms with van der Waals surface area (Å²) >= 11 is 3.47. The third kappa shape index (κ3) is 7.54. The van der Waals surface area contributed by atoms with Crippen LogP contribution in [0.2, 0.25) is 0 Å². The minimum Gasteiger partial charge on any atom is -0.497 e. The van der Waals surface area contributed by atoms with Crippen LogP contribution in [0.25, 0.3) is 5.57 Å². The maximum absolute atomic E-state index is 12.0. The molecule has 2 aliphatic heterocycles. The van der Waals surface area contributed by atoms with E-state index in [1.54, 1.807) is 32.4 Å². The van der Waals surface area contributed by atoms with Gasteiger partial charge in [-0.25, -0.2) is 0 Å². The number of benzene rings is 4. The number of fused-ring (bicyclic) bond motifs is 2. The molecule has 0 bridgehead atoms. The first-order valence-corrected chi connectivity index (χ1v) is 15.6. The number of methoxy groups -OCH3 is 2. The number of hydrogen-bond acceptors (Lipinski definition) is 8. The molecule has 4 aromatic rings. The topological polar surface area (TPSA) is 89.5 Å². The fraction of sp³-hybridized carbons (Fsp3) is 0.243. The lowest BCUT2D eigenvalue weighted by molar-refractivity contribution is 0.0923. The van der Waals surface area contributed by atoms with Crippen molar-refractivity contribution in [2.75, 3.05) is 27.4 Å². The van der Waals surface area contributed by atoms with Gasteiger partial charge in [0, 0.05) is 12.8 Å². The number of ether oxygens (including phenoxy) is 6. The summed E-state index contributed by atoms with van der Waals surface area (Å²) in [6, 6.07) is 22.5. The zero-order valence-corrected chi connectivity index (χ0v) is 27.6. The first-order chi connectivity index (χ1) is 22.3. The highest BCUT2D eigenvalue weighted by Gasteiger charge is 2.25.